The van der Waals surface area contributed by atoms with Crippen molar-refractivity contribution in [3.8, 4) is 0 Å². The average Bonchev–Trinajstić information content (AvgIpc) is 3.21. The Morgan fingerprint density at radius 2 is 1.84 bits per heavy atom. The van der Waals surface area contributed by atoms with Gasteiger partial charge in [-0.1, -0.05) is 30.1 Å². The lowest BCUT2D eigenvalue weighted by Gasteiger charge is -2.22. The maximum atomic E-state index is 13.1. The Hall–Kier alpha value is -1.80. The predicted molar refractivity (Wildman–Crippen MR) is 134 cm³/mol. The van der Waals surface area contributed by atoms with E-state index in [1.54, 1.807) is 29.7 Å². The van der Waals surface area contributed by atoms with Gasteiger partial charge >= 0.3 is 5.97 Å². The van der Waals surface area contributed by atoms with E-state index >= 15 is 0 Å². The molecule has 1 heterocycles. The molecule has 0 aliphatic carbocycles. The van der Waals surface area contributed by atoms with Crippen molar-refractivity contribution in [2.45, 2.75) is 44.6 Å². The number of aromatic nitrogens is 1. The van der Waals surface area contributed by atoms with Crippen LogP contribution in [0.3, 0.4) is 0 Å². The van der Waals surface area contributed by atoms with Gasteiger partial charge in [-0.15, -0.1) is 23.1 Å². The molecule has 0 aliphatic heterocycles. The highest BCUT2D eigenvalue weighted by Crippen LogP contribution is 2.34. The molecule has 0 radical (unpaired) electrons. The van der Waals surface area contributed by atoms with E-state index in [2.05, 4.69) is 11.9 Å². The van der Waals surface area contributed by atoms with Gasteiger partial charge in [-0.2, -0.15) is 0 Å². The second-order valence-electron chi connectivity index (χ2n) is 6.94. The van der Waals surface area contributed by atoms with Crippen LogP contribution in [0.5, 0.6) is 0 Å². The number of carbonyl (C=O) groups is 2. The maximum Gasteiger partial charge on any atom is 0.306 e. The van der Waals surface area contributed by atoms with Crippen LogP contribution in [-0.2, 0) is 20.9 Å². The Morgan fingerprint density at radius 1 is 1.09 bits per heavy atom. The lowest BCUT2D eigenvalue weighted by Crippen LogP contribution is -2.30. The molecule has 0 saturated carbocycles. The molecule has 5 nitrogen and oxygen atoms in total. The number of thiazole rings is 1. The van der Waals surface area contributed by atoms with Gasteiger partial charge in [-0.05, 0) is 55.5 Å². The number of ether oxygens (including phenoxy) is 1. The number of halogens is 2. The topological polar surface area (TPSA) is 59.5 Å². The summed E-state index contributed by atoms with van der Waals surface area (Å²) in [4.78, 5) is 32.3. The summed E-state index contributed by atoms with van der Waals surface area (Å²) in [5, 5.41) is 1.58. The number of anilines is 1. The minimum atomic E-state index is -0.381. The monoisotopic (exact) mass is 510 g/mol. The molecule has 2 aromatic carbocycles. The highest BCUT2D eigenvalue weighted by atomic mass is 35.5. The second-order valence-corrected chi connectivity index (χ2v) is 10.0. The molecule has 0 atom stereocenters. The molecule has 1 amide bonds. The van der Waals surface area contributed by atoms with Crippen LogP contribution in [0.4, 0.5) is 5.69 Å². The summed E-state index contributed by atoms with van der Waals surface area (Å²) in [5.41, 5.74) is 1.38. The van der Waals surface area contributed by atoms with Crippen LogP contribution in [-0.4, -0.2) is 29.2 Å². The first-order valence-corrected chi connectivity index (χ1v) is 12.9. The van der Waals surface area contributed by atoms with E-state index in [1.807, 2.05) is 30.3 Å². The maximum absolute atomic E-state index is 13.1. The van der Waals surface area contributed by atoms with Gasteiger partial charge in [-0.25, -0.2) is 4.98 Å². The molecule has 0 bridgehead atoms. The smallest absolute Gasteiger partial charge is 0.306 e. The first kappa shape index (κ1) is 24.8. The Labute approximate surface area is 206 Å². The number of hydrogen-bond donors (Lipinski definition) is 0. The van der Waals surface area contributed by atoms with Crippen molar-refractivity contribution in [1.82, 2.24) is 4.98 Å². The van der Waals surface area contributed by atoms with Gasteiger partial charge in [0, 0.05) is 17.0 Å². The molecular weight excluding hydrogens is 487 g/mol. The van der Waals surface area contributed by atoms with E-state index in [0.717, 1.165) is 32.5 Å². The lowest BCUT2D eigenvalue weighted by atomic mass is 10.2. The molecule has 0 spiro atoms. The van der Waals surface area contributed by atoms with Crippen molar-refractivity contribution in [2.24, 2.45) is 0 Å². The molecule has 170 valence electrons. The van der Waals surface area contributed by atoms with Gasteiger partial charge < -0.3 is 9.64 Å². The summed E-state index contributed by atoms with van der Waals surface area (Å²) >= 11 is 15.7. The molecule has 0 saturated heterocycles. The lowest BCUT2D eigenvalue weighted by molar-refractivity contribution is -0.144. The summed E-state index contributed by atoms with van der Waals surface area (Å²) in [6.45, 7) is 4.45. The van der Waals surface area contributed by atoms with Gasteiger partial charge in [-0.3, -0.25) is 9.59 Å². The summed E-state index contributed by atoms with van der Waals surface area (Å²) in [5.74, 6) is 0.486. The molecule has 1 aromatic heterocycles. The zero-order chi connectivity index (χ0) is 23.1. The van der Waals surface area contributed by atoms with Crippen LogP contribution in [0.15, 0.2) is 41.3 Å². The molecular formula is C23H24Cl2N2O3S2. The molecule has 0 aliphatic rings. The SMILES string of the molecule is CCCSc1ccc(N(Cc2nc3c(Cl)c(Cl)ccc3s2)C(=O)CCC(=O)OCC)cc1. The van der Waals surface area contributed by atoms with Crippen molar-refractivity contribution < 1.29 is 14.3 Å². The van der Waals surface area contributed by atoms with E-state index in [-0.39, 0.29) is 31.3 Å². The van der Waals surface area contributed by atoms with E-state index < -0.39 is 0 Å². The number of nitrogens with zero attached hydrogens (tertiary/aromatic N) is 2. The number of thioether (sulfide) groups is 1. The van der Waals surface area contributed by atoms with Gasteiger partial charge in [0.15, 0.2) is 0 Å². The zero-order valence-electron chi connectivity index (χ0n) is 17.9. The Morgan fingerprint density at radius 3 is 2.53 bits per heavy atom. The van der Waals surface area contributed by atoms with Crippen molar-refractivity contribution in [2.75, 3.05) is 17.3 Å². The van der Waals surface area contributed by atoms with Crippen molar-refractivity contribution >= 4 is 74.1 Å². The molecule has 32 heavy (non-hydrogen) atoms. The first-order chi connectivity index (χ1) is 15.4. The number of hydrogen-bond acceptors (Lipinski definition) is 6. The van der Waals surface area contributed by atoms with Gasteiger partial charge in [0.2, 0.25) is 5.91 Å². The number of benzene rings is 2. The number of carbonyl (C=O) groups excluding carboxylic acids is 2. The van der Waals surface area contributed by atoms with E-state index in [0.29, 0.717) is 22.2 Å². The number of fused-ring (bicyclic) bond motifs is 1. The van der Waals surface area contributed by atoms with E-state index in [9.17, 15) is 9.59 Å². The third-order valence-electron chi connectivity index (χ3n) is 4.56. The van der Waals surface area contributed by atoms with Gasteiger partial charge in [0.25, 0.3) is 0 Å². The van der Waals surface area contributed by atoms with Crippen molar-refractivity contribution in [3.05, 3.63) is 51.5 Å². The summed E-state index contributed by atoms with van der Waals surface area (Å²) < 4.78 is 5.87. The van der Waals surface area contributed by atoms with Crippen molar-refractivity contribution in [1.29, 1.82) is 0 Å². The molecule has 3 aromatic rings. The zero-order valence-corrected chi connectivity index (χ0v) is 21.0. The predicted octanol–water partition coefficient (Wildman–Crippen LogP) is 6.98. The molecule has 0 N–H and O–H groups in total. The molecule has 3 rings (SSSR count). The van der Waals surface area contributed by atoms with Gasteiger partial charge in [0.05, 0.1) is 34.3 Å². The Kier molecular flexibility index (Phi) is 9.22. The minimum Gasteiger partial charge on any atom is -0.466 e. The van der Waals surface area contributed by atoms with Crippen molar-refractivity contribution in [3.63, 3.8) is 0 Å². The Bertz CT molecular complexity index is 1090. The second kappa shape index (κ2) is 11.9. The highest BCUT2D eigenvalue weighted by Gasteiger charge is 2.20. The third kappa shape index (κ3) is 6.38. The average molecular weight is 511 g/mol. The quantitative estimate of drug-likeness (QED) is 0.217. The van der Waals surface area contributed by atoms with Crippen LogP contribution in [0.1, 0.15) is 38.1 Å². The Balaban J connectivity index is 1.85. The summed E-state index contributed by atoms with van der Waals surface area (Å²) in [7, 11) is 0. The number of rotatable bonds is 10. The molecule has 0 unspecified atom stereocenters. The summed E-state index contributed by atoms with van der Waals surface area (Å²) in [6.07, 6.45) is 1.19. The normalized spacial score (nSPS) is 11.0. The van der Waals surface area contributed by atoms with E-state index in [4.69, 9.17) is 27.9 Å². The third-order valence-corrected chi connectivity index (χ3v) is 7.58. The number of esters is 1. The van der Waals surface area contributed by atoms with Gasteiger partial charge in [0.1, 0.15) is 10.5 Å². The van der Waals surface area contributed by atoms with Crippen LogP contribution in [0, 0.1) is 0 Å². The minimum absolute atomic E-state index is 0.0366. The fraction of sp³-hybridized carbons (Fsp3) is 0.348. The van der Waals surface area contributed by atoms with Crippen LogP contribution in [0.25, 0.3) is 10.2 Å². The fourth-order valence-corrected chi connectivity index (χ4v) is 5.18. The largest absolute Gasteiger partial charge is 0.466 e. The van der Waals surface area contributed by atoms with Crippen LogP contribution < -0.4 is 4.90 Å². The number of amides is 1. The van der Waals surface area contributed by atoms with E-state index in [1.165, 1.54) is 11.3 Å². The van der Waals surface area contributed by atoms with Crippen LogP contribution in [0.2, 0.25) is 10.0 Å². The highest BCUT2D eigenvalue weighted by molar-refractivity contribution is 7.99. The summed E-state index contributed by atoms with van der Waals surface area (Å²) in [6, 6.07) is 11.5. The fourth-order valence-electron chi connectivity index (χ4n) is 3.03. The molecule has 9 heteroatoms. The first-order valence-electron chi connectivity index (χ1n) is 10.3. The van der Waals surface area contributed by atoms with Crippen LogP contribution >= 0.6 is 46.3 Å². The molecule has 0 fully saturated rings. The standard InChI is InChI=1S/C23H24Cl2N2O3S2/c1-3-13-31-16-7-5-15(6-8-16)27(20(28)11-12-21(29)30-4-2)14-19-26-23-18(32-19)10-9-17(24)22(23)25/h5-10H,3-4,11-14H2,1-2H3.